The first-order valence-electron chi connectivity index (χ1n) is 8.24. The van der Waals surface area contributed by atoms with Crippen molar-refractivity contribution in [2.75, 3.05) is 33.4 Å². The quantitative estimate of drug-likeness (QED) is 0.892. The lowest BCUT2D eigenvalue weighted by molar-refractivity contribution is -0.123. The van der Waals surface area contributed by atoms with E-state index in [-0.39, 0.29) is 12.5 Å². The van der Waals surface area contributed by atoms with Crippen molar-refractivity contribution in [2.24, 2.45) is 0 Å². The third-order valence-electron chi connectivity index (χ3n) is 4.38. The van der Waals surface area contributed by atoms with Gasteiger partial charge in [-0.2, -0.15) is 0 Å². The van der Waals surface area contributed by atoms with Gasteiger partial charge in [0.05, 0.1) is 26.9 Å². The molecule has 25 heavy (non-hydrogen) atoms. The number of benzene rings is 1. The molecule has 1 aromatic heterocycles. The Kier molecular flexibility index (Phi) is 5.31. The molecule has 1 fully saturated rings. The highest BCUT2D eigenvalue weighted by Crippen LogP contribution is 2.24. The molecule has 1 N–H and O–H groups in total. The van der Waals surface area contributed by atoms with E-state index in [1.54, 1.807) is 23.2 Å². The standard InChI is InChI=1S/C19H22N2O4/c1-24-17-11-16(7-8-20-17)18(23)21-9-10-25-19(13-21,14-22)12-15-5-3-2-4-6-15/h2-8,11,22H,9-10,12-14H2,1H3/t19-/m0/s1. The van der Waals surface area contributed by atoms with Crippen molar-refractivity contribution in [3.63, 3.8) is 0 Å². The molecule has 0 unspecified atom stereocenters. The van der Waals surface area contributed by atoms with Crippen molar-refractivity contribution in [1.82, 2.24) is 9.88 Å². The van der Waals surface area contributed by atoms with Gasteiger partial charge < -0.3 is 19.5 Å². The Morgan fingerprint density at radius 1 is 1.36 bits per heavy atom. The number of hydrogen-bond acceptors (Lipinski definition) is 5. The SMILES string of the molecule is COc1cc(C(=O)N2CCO[C@@](CO)(Cc3ccccc3)C2)ccn1. The number of nitrogens with zero attached hydrogens (tertiary/aromatic N) is 2. The lowest BCUT2D eigenvalue weighted by atomic mass is 9.93. The number of amides is 1. The van der Waals surface area contributed by atoms with Crippen molar-refractivity contribution in [1.29, 1.82) is 0 Å². The highest BCUT2D eigenvalue weighted by Gasteiger charge is 2.38. The van der Waals surface area contributed by atoms with Crippen LogP contribution >= 0.6 is 0 Å². The van der Waals surface area contributed by atoms with Crippen LogP contribution in [0, 0.1) is 0 Å². The molecule has 0 saturated carbocycles. The van der Waals surface area contributed by atoms with E-state index in [4.69, 9.17) is 9.47 Å². The number of aliphatic hydroxyl groups is 1. The molecule has 1 atom stereocenters. The molecule has 3 rings (SSSR count). The van der Waals surface area contributed by atoms with E-state index in [0.29, 0.717) is 37.6 Å². The third kappa shape index (κ3) is 3.97. The minimum absolute atomic E-state index is 0.116. The van der Waals surface area contributed by atoms with Crippen LogP contribution in [0.3, 0.4) is 0 Å². The lowest BCUT2D eigenvalue weighted by Gasteiger charge is -2.42. The van der Waals surface area contributed by atoms with E-state index in [0.717, 1.165) is 5.56 Å². The van der Waals surface area contributed by atoms with Gasteiger partial charge in [-0.15, -0.1) is 0 Å². The molecular weight excluding hydrogens is 320 g/mol. The summed E-state index contributed by atoms with van der Waals surface area (Å²) in [5.41, 5.74) is 0.795. The van der Waals surface area contributed by atoms with Gasteiger partial charge in [-0.25, -0.2) is 4.98 Å². The van der Waals surface area contributed by atoms with Gasteiger partial charge >= 0.3 is 0 Å². The van der Waals surface area contributed by atoms with Gasteiger partial charge in [0.2, 0.25) is 5.88 Å². The van der Waals surface area contributed by atoms with Crippen molar-refractivity contribution in [3.8, 4) is 5.88 Å². The summed E-state index contributed by atoms with van der Waals surface area (Å²) in [5, 5.41) is 9.96. The van der Waals surface area contributed by atoms with Crippen LogP contribution in [0.15, 0.2) is 48.7 Å². The number of methoxy groups -OCH3 is 1. The van der Waals surface area contributed by atoms with Crippen molar-refractivity contribution in [3.05, 3.63) is 59.8 Å². The van der Waals surface area contributed by atoms with Gasteiger partial charge in [0, 0.05) is 30.8 Å². The Hall–Kier alpha value is -2.44. The monoisotopic (exact) mass is 342 g/mol. The maximum Gasteiger partial charge on any atom is 0.254 e. The van der Waals surface area contributed by atoms with Crippen molar-refractivity contribution < 1.29 is 19.4 Å². The molecule has 0 spiro atoms. The molecule has 1 aliphatic rings. The van der Waals surface area contributed by atoms with E-state index in [1.807, 2.05) is 30.3 Å². The van der Waals surface area contributed by atoms with Crippen LogP contribution in [-0.4, -0.2) is 59.9 Å². The summed E-state index contributed by atoms with van der Waals surface area (Å²) in [4.78, 5) is 18.6. The normalized spacial score (nSPS) is 20.3. The van der Waals surface area contributed by atoms with Crippen LogP contribution in [0.2, 0.25) is 0 Å². The van der Waals surface area contributed by atoms with E-state index in [2.05, 4.69) is 4.98 Å². The van der Waals surface area contributed by atoms with Gasteiger partial charge in [-0.05, 0) is 11.6 Å². The Morgan fingerprint density at radius 2 is 2.16 bits per heavy atom. The van der Waals surface area contributed by atoms with E-state index in [1.165, 1.54) is 7.11 Å². The molecule has 1 aromatic carbocycles. The highest BCUT2D eigenvalue weighted by molar-refractivity contribution is 5.94. The number of carbonyl (C=O) groups excluding carboxylic acids is 1. The van der Waals surface area contributed by atoms with Crippen LogP contribution in [-0.2, 0) is 11.2 Å². The average molecular weight is 342 g/mol. The predicted molar refractivity (Wildman–Crippen MR) is 92.6 cm³/mol. The second kappa shape index (κ2) is 7.63. The molecule has 6 heteroatoms. The fourth-order valence-corrected chi connectivity index (χ4v) is 3.08. The molecule has 0 aliphatic carbocycles. The first kappa shape index (κ1) is 17.4. The number of rotatable bonds is 5. The first-order chi connectivity index (χ1) is 12.2. The number of hydrogen-bond donors (Lipinski definition) is 1. The van der Waals surface area contributed by atoms with E-state index in [9.17, 15) is 9.90 Å². The van der Waals surface area contributed by atoms with Crippen molar-refractivity contribution >= 4 is 5.91 Å². The zero-order chi connectivity index (χ0) is 17.7. The summed E-state index contributed by atoms with van der Waals surface area (Å²) >= 11 is 0. The van der Waals surface area contributed by atoms with E-state index < -0.39 is 5.60 Å². The lowest BCUT2D eigenvalue weighted by Crippen LogP contribution is -2.56. The van der Waals surface area contributed by atoms with Gasteiger partial charge in [0.15, 0.2) is 0 Å². The number of pyridine rings is 1. The van der Waals surface area contributed by atoms with Gasteiger partial charge in [-0.3, -0.25) is 4.79 Å². The Bertz CT molecular complexity index is 722. The summed E-state index contributed by atoms with van der Waals surface area (Å²) in [5.74, 6) is 0.284. The smallest absolute Gasteiger partial charge is 0.254 e. The number of carbonyl (C=O) groups is 1. The maximum atomic E-state index is 12.8. The fraction of sp³-hybridized carbons (Fsp3) is 0.368. The largest absolute Gasteiger partial charge is 0.481 e. The Labute approximate surface area is 147 Å². The number of morpholine rings is 1. The average Bonchev–Trinajstić information content (AvgIpc) is 2.68. The van der Waals surface area contributed by atoms with Crippen LogP contribution in [0.25, 0.3) is 0 Å². The summed E-state index contributed by atoms with van der Waals surface area (Å²) in [6, 6.07) is 13.1. The highest BCUT2D eigenvalue weighted by atomic mass is 16.5. The van der Waals surface area contributed by atoms with Crippen LogP contribution in [0.5, 0.6) is 5.88 Å². The molecular formula is C19H22N2O4. The Morgan fingerprint density at radius 3 is 2.88 bits per heavy atom. The topological polar surface area (TPSA) is 71.9 Å². The summed E-state index contributed by atoms with van der Waals surface area (Å²) in [6.07, 6.45) is 2.10. The van der Waals surface area contributed by atoms with Crippen LogP contribution in [0.1, 0.15) is 15.9 Å². The molecule has 1 aliphatic heterocycles. The summed E-state index contributed by atoms with van der Waals surface area (Å²) in [6.45, 7) is 1.06. The molecule has 2 heterocycles. The molecule has 0 bridgehead atoms. The number of aromatic nitrogens is 1. The summed E-state index contributed by atoms with van der Waals surface area (Å²) in [7, 11) is 1.52. The summed E-state index contributed by atoms with van der Waals surface area (Å²) < 4.78 is 11.0. The first-order valence-corrected chi connectivity index (χ1v) is 8.24. The second-order valence-electron chi connectivity index (χ2n) is 6.17. The molecule has 2 aromatic rings. The molecule has 0 radical (unpaired) electrons. The number of aliphatic hydroxyl groups excluding tert-OH is 1. The zero-order valence-corrected chi connectivity index (χ0v) is 14.2. The molecule has 1 amide bonds. The van der Waals surface area contributed by atoms with Crippen LogP contribution < -0.4 is 4.74 Å². The van der Waals surface area contributed by atoms with Crippen LogP contribution in [0.4, 0.5) is 0 Å². The van der Waals surface area contributed by atoms with Gasteiger partial charge in [-0.1, -0.05) is 30.3 Å². The molecule has 1 saturated heterocycles. The molecule has 132 valence electrons. The fourth-order valence-electron chi connectivity index (χ4n) is 3.08. The van der Waals surface area contributed by atoms with E-state index >= 15 is 0 Å². The van der Waals surface area contributed by atoms with Gasteiger partial charge in [0.1, 0.15) is 5.60 Å². The Balaban J connectivity index is 1.77. The molecule has 6 nitrogen and oxygen atoms in total. The van der Waals surface area contributed by atoms with Gasteiger partial charge in [0.25, 0.3) is 5.91 Å². The third-order valence-corrected chi connectivity index (χ3v) is 4.38. The second-order valence-corrected chi connectivity index (χ2v) is 6.17. The maximum absolute atomic E-state index is 12.8. The zero-order valence-electron chi connectivity index (χ0n) is 14.2. The minimum Gasteiger partial charge on any atom is -0.481 e. The number of ether oxygens (including phenoxy) is 2. The van der Waals surface area contributed by atoms with Crippen molar-refractivity contribution in [2.45, 2.75) is 12.0 Å². The minimum atomic E-state index is -0.785. The predicted octanol–water partition coefficient (Wildman–Crippen LogP) is 1.54.